The highest BCUT2D eigenvalue weighted by atomic mass is 15.2. The largest absolute Gasteiger partial charge is 0.333 e. The van der Waals surface area contributed by atoms with Crippen molar-refractivity contribution in [3.8, 4) is 0 Å². The summed E-state index contributed by atoms with van der Waals surface area (Å²) in [4.78, 5) is 6.84. The number of hydrogen-bond acceptors (Lipinski definition) is 3. The lowest BCUT2D eigenvalue weighted by atomic mass is 9.85. The van der Waals surface area contributed by atoms with E-state index in [0.717, 1.165) is 19.6 Å². The second-order valence-corrected chi connectivity index (χ2v) is 6.41. The van der Waals surface area contributed by atoms with Gasteiger partial charge in [-0.05, 0) is 44.7 Å². The molecule has 0 bridgehead atoms. The predicted molar refractivity (Wildman–Crippen MR) is 78.9 cm³/mol. The molecule has 1 saturated heterocycles. The van der Waals surface area contributed by atoms with Crippen molar-refractivity contribution in [3.05, 3.63) is 18.2 Å². The minimum Gasteiger partial charge on any atom is -0.333 e. The molecule has 19 heavy (non-hydrogen) atoms. The summed E-state index contributed by atoms with van der Waals surface area (Å²) in [5.74, 6) is 0. The Kier molecular flexibility index (Phi) is 4.63. The number of rotatable bonds is 4. The van der Waals surface area contributed by atoms with Crippen molar-refractivity contribution in [2.24, 2.45) is 11.1 Å². The number of imidazole rings is 1. The standard InChI is InChI=1S/C15H28N4/c1-4-18-12-17-11-14(18)13(10-16)19-8-5-6-15(2,3)7-9-19/h11-13H,4-10,16H2,1-3H3. The van der Waals surface area contributed by atoms with Crippen LogP contribution in [0.1, 0.15) is 51.8 Å². The van der Waals surface area contributed by atoms with Crippen molar-refractivity contribution >= 4 is 0 Å². The van der Waals surface area contributed by atoms with Crippen LogP contribution in [0.3, 0.4) is 0 Å². The van der Waals surface area contributed by atoms with Crippen molar-refractivity contribution < 1.29 is 0 Å². The first-order valence-corrected chi connectivity index (χ1v) is 7.51. The highest BCUT2D eigenvalue weighted by Gasteiger charge is 2.28. The summed E-state index contributed by atoms with van der Waals surface area (Å²) in [6.45, 7) is 10.8. The third-order valence-corrected chi connectivity index (χ3v) is 4.47. The van der Waals surface area contributed by atoms with Crippen molar-refractivity contribution in [2.75, 3.05) is 19.6 Å². The second kappa shape index (κ2) is 6.06. The Morgan fingerprint density at radius 3 is 2.84 bits per heavy atom. The van der Waals surface area contributed by atoms with Gasteiger partial charge in [0.25, 0.3) is 0 Å². The minimum absolute atomic E-state index is 0.316. The van der Waals surface area contributed by atoms with Crippen LogP contribution in [0.5, 0.6) is 0 Å². The van der Waals surface area contributed by atoms with Crippen LogP contribution in [0.4, 0.5) is 0 Å². The number of nitrogens with two attached hydrogens (primary N) is 1. The molecule has 0 saturated carbocycles. The summed E-state index contributed by atoms with van der Waals surface area (Å²) in [7, 11) is 0. The molecule has 1 fully saturated rings. The number of nitrogens with zero attached hydrogens (tertiary/aromatic N) is 3. The molecule has 4 heteroatoms. The molecule has 1 atom stereocenters. The van der Waals surface area contributed by atoms with Gasteiger partial charge in [-0.15, -0.1) is 0 Å². The third kappa shape index (κ3) is 3.37. The monoisotopic (exact) mass is 264 g/mol. The lowest BCUT2D eigenvalue weighted by molar-refractivity contribution is 0.193. The average molecular weight is 264 g/mol. The maximum atomic E-state index is 6.05. The van der Waals surface area contributed by atoms with E-state index in [1.807, 2.05) is 12.5 Å². The smallest absolute Gasteiger partial charge is 0.0948 e. The number of hydrogen-bond donors (Lipinski definition) is 1. The van der Waals surface area contributed by atoms with E-state index in [2.05, 4.69) is 35.2 Å². The maximum absolute atomic E-state index is 6.05. The van der Waals surface area contributed by atoms with E-state index in [9.17, 15) is 0 Å². The summed E-state index contributed by atoms with van der Waals surface area (Å²) in [5, 5.41) is 0. The molecule has 1 aromatic rings. The Morgan fingerprint density at radius 2 is 2.16 bits per heavy atom. The Morgan fingerprint density at radius 1 is 1.37 bits per heavy atom. The van der Waals surface area contributed by atoms with Gasteiger partial charge in [-0.1, -0.05) is 13.8 Å². The number of aryl methyl sites for hydroxylation is 1. The van der Waals surface area contributed by atoms with Crippen LogP contribution in [-0.2, 0) is 6.54 Å². The Hall–Kier alpha value is -0.870. The predicted octanol–water partition coefficient (Wildman–Crippen LogP) is 2.41. The van der Waals surface area contributed by atoms with Gasteiger partial charge in [0.15, 0.2) is 0 Å². The zero-order valence-electron chi connectivity index (χ0n) is 12.6. The molecule has 108 valence electrons. The molecule has 0 amide bonds. The van der Waals surface area contributed by atoms with E-state index in [4.69, 9.17) is 5.73 Å². The fraction of sp³-hybridized carbons (Fsp3) is 0.800. The van der Waals surface area contributed by atoms with Crippen molar-refractivity contribution in [2.45, 2.75) is 52.6 Å². The van der Waals surface area contributed by atoms with Crippen LogP contribution in [0.2, 0.25) is 0 Å². The summed E-state index contributed by atoms with van der Waals surface area (Å²) in [6, 6.07) is 0.316. The quantitative estimate of drug-likeness (QED) is 0.908. The third-order valence-electron chi connectivity index (χ3n) is 4.47. The van der Waals surface area contributed by atoms with Crippen LogP contribution >= 0.6 is 0 Å². The molecule has 4 nitrogen and oxygen atoms in total. The van der Waals surface area contributed by atoms with Gasteiger partial charge in [0.05, 0.1) is 18.1 Å². The topological polar surface area (TPSA) is 47.1 Å². The molecular weight excluding hydrogens is 236 g/mol. The summed E-state index contributed by atoms with van der Waals surface area (Å²) in [5.41, 5.74) is 7.79. The highest BCUT2D eigenvalue weighted by Crippen LogP contribution is 2.32. The van der Waals surface area contributed by atoms with E-state index >= 15 is 0 Å². The van der Waals surface area contributed by atoms with E-state index in [1.54, 1.807) is 0 Å². The second-order valence-electron chi connectivity index (χ2n) is 6.41. The number of aromatic nitrogens is 2. The Balaban J connectivity index is 2.13. The van der Waals surface area contributed by atoms with Crippen LogP contribution in [0, 0.1) is 5.41 Å². The highest BCUT2D eigenvalue weighted by molar-refractivity contribution is 5.07. The zero-order valence-corrected chi connectivity index (χ0v) is 12.6. The molecule has 1 aliphatic heterocycles. The summed E-state index contributed by atoms with van der Waals surface area (Å²) in [6.07, 6.45) is 7.73. The van der Waals surface area contributed by atoms with Gasteiger partial charge in [-0.2, -0.15) is 0 Å². The molecule has 2 rings (SSSR count). The molecule has 1 aromatic heterocycles. The van der Waals surface area contributed by atoms with Crippen molar-refractivity contribution in [1.82, 2.24) is 14.5 Å². The lowest BCUT2D eigenvalue weighted by Crippen LogP contribution is -2.36. The Bertz CT molecular complexity index is 397. The molecule has 1 unspecified atom stereocenters. The normalized spacial score (nSPS) is 22.1. The zero-order chi connectivity index (χ0) is 13.9. The lowest BCUT2D eigenvalue weighted by Gasteiger charge is -2.30. The summed E-state index contributed by atoms with van der Waals surface area (Å²) >= 11 is 0. The van der Waals surface area contributed by atoms with Crippen molar-refractivity contribution in [1.29, 1.82) is 0 Å². The van der Waals surface area contributed by atoms with E-state index in [-0.39, 0.29) is 0 Å². The molecule has 0 spiro atoms. The minimum atomic E-state index is 0.316. The fourth-order valence-electron chi connectivity index (χ4n) is 3.08. The van der Waals surface area contributed by atoms with Gasteiger partial charge in [0.1, 0.15) is 0 Å². The van der Waals surface area contributed by atoms with Gasteiger partial charge < -0.3 is 10.3 Å². The number of likely N-dealkylation sites (tertiary alicyclic amines) is 1. The first kappa shape index (κ1) is 14.5. The molecule has 1 aliphatic rings. The molecule has 2 N–H and O–H groups in total. The molecule has 0 radical (unpaired) electrons. The van der Waals surface area contributed by atoms with Crippen LogP contribution in [0.15, 0.2) is 12.5 Å². The van der Waals surface area contributed by atoms with Gasteiger partial charge in [0, 0.05) is 19.3 Å². The van der Waals surface area contributed by atoms with E-state index in [0.29, 0.717) is 18.0 Å². The molecule has 2 heterocycles. The SMILES string of the molecule is CCn1cncc1C(CN)N1CCCC(C)(C)CC1. The van der Waals surface area contributed by atoms with Crippen LogP contribution in [-0.4, -0.2) is 34.1 Å². The van der Waals surface area contributed by atoms with Crippen molar-refractivity contribution in [3.63, 3.8) is 0 Å². The van der Waals surface area contributed by atoms with E-state index < -0.39 is 0 Å². The maximum Gasteiger partial charge on any atom is 0.0948 e. The van der Waals surface area contributed by atoms with Crippen LogP contribution < -0.4 is 5.73 Å². The van der Waals surface area contributed by atoms with Crippen LogP contribution in [0.25, 0.3) is 0 Å². The fourth-order valence-corrected chi connectivity index (χ4v) is 3.08. The summed E-state index contributed by atoms with van der Waals surface area (Å²) < 4.78 is 2.22. The van der Waals surface area contributed by atoms with Gasteiger partial charge in [-0.3, -0.25) is 4.90 Å². The average Bonchev–Trinajstić information content (AvgIpc) is 2.76. The Labute approximate surface area is 117 Å². The molecule has 0 aromatic carbocycles. The van der Waals surface area contributed by atoms with Gasteiger partial charge in [-0.25, -0.2) is 4.98 Å². The van der Waals surface area contributed by atoms with Gasteiger partial charge >= 0.3 is 0 Å². The van der Waals surface area contributed by atoms with Gasteiger partial charge in [0.2, 0.25) is 0 Å². The first-order valence-electron chi connectivity index (χ1n) is 7.51. The molecule has 0 aliphatic carbocycles. The first-order chi connectivity index (χ1) is 9.07. The van der Waals surface area contributed by atoms with E-state index in [1.165, 1.54) is 25.0 Å². The molecular formula is C15H28N4.